The molecule has 21 heavy (non-hydrogen) atoms. The van der Waals surface area contributed by atoms with Crippen molar-refractivity contribution in [2.75, 3.05) is 5.32 Å². The Bertz CT molecular complexity index is 840. The number of hydrogen-bond acceptors (Lipinski definition) is 3. The lowest BCUT2D eigenvalue weighted by atomic mass is 10.2. The van der Waals surface area contributed by atoms with Crippen LogP contribution in [0.1, 0.15) is 0 Å². The molecule has 0 aliphatic heterocycles. The number of aromatic nitrogens is 2. The molecular weight excluding hydrogens is 408 g/mol. The number of anilines is 2. The molecule has 3 rings (SSSR count). The molecule has 0 spiro atoms. The van der Waals surface area contributed by atoms with Crippen molar-refractivity contribution in [2.24, 2.45) is 0 Å². The largest absolute Gasteiger partial charge is 0.351 e. The maximum Gasteiger partial charge on any atom is 0.149 e. The zero-order valence-corrected chi connectivity index (χ0v) is 13.5. The minimum Gasteiger partial charge on any atom is -0.351 e. The molecule has 0 saturated heterocycles. The van der Waals surface area contributed by atoms with E-state index >= 15 is 0 Å². The highest BCUT2D eigenvalue weighted by atomic mass is 79.9. The minimum atomic E-state index is -0.683. The molecule has 0 atom stereocenters. The molecule has 7 heteroatoms. The van der Waals surface area contributed by atoms with Crippen LogP contribution in [0.2, 0.25) is 0 Å². The number of benzene rings is 1. The Morgan fingerprint density at radius 2 is 1.76 bits per heavy atom. The summed E-state index contributed by atoms with van der Waals surface area (Å²) in [5, 5.41) is 2.91. The van der Waals surface area contributed by atoms with Crippen molar-refractivity contribution in [3.8, 4) is 0 Å². The summed E-state index contributed by atoms with van der Waals surface area (Å²) in [6, 6.07) is 5.65. The fourth-order valence-electron chi connectivity index (χ4n) is 1.87. The van der Waals surface area contributed by atoms with Gasteiger partial charge in [-0.05, 0) is 50.1 Å². The van der Waals surface area contributed by atoms with Gasteiger partial charge in [-0.2, -0.15) is 0 Å². The van der Waals surface area contributed by atoms with Crippen LogP contribution in [0, 0.1) is 11.6 Å². The van der Waals surface area contributed by atoms with E-state index in [2.05, 4.69) is 47.1 Å². The van der Waals surface area contributed by atoms with Crippen LogP contribution < -0.4 is 5.32 Å². The fraction of sp³-hybridized carbons (Fsp3) is 0. The van der Waals surface area contributed by atoms with Crippen molar-refractivity contribution in [1.29, 1.82) is 0 Å². The van der Waals surface area contributed by atoms with Crippen molar-refractivity contribution in [2.45, 2.75) is 0 Å². The average Bonchev–Trinajstić information content (AvgIpc) is 2.44. The highest BCUT2D eigenvalue weighted by Crippen LogP contribution is 2.29. The Labute approximate surface area is 135 Å². The smallest absolute Gasteiger partial charge is 0.149 e. The second kappa shape index (κ2) is 5.65. The topological polar surface area (TPSA) is 37.8 Å². The van der Waals surface area contributed by atoms with E-state index in [1.165, 1.54) is 6.07 Å². The van der Waals surface area contributed by atoms with E-state index in [-0.39, 0.29) is 10.2 Å². The zero-order chi connectivity index (χ0) is 15.0. The van der Waals surface area contributed by atoms with Gasteiger partial charge in [0.25, 0.3) is 0 Å². The predicted octanol–water partition coefficient (Wildman–Crippen LogP) is 5.18. The first-order valence-electron chi connectivity index (χ1n) is 5.86. The summed E-state index contributed by atoms with van der Waals surface area (Å²) in [4.78, 5) is 8.47. The van der Waals surface area contributed by atoms with E-state index in [9.17, 15) is 8.78 Å². The van der Waals surface area contributed by atoms with E-state index in [0.717, 1.165) is 10.5 Å². The van der Waals surface area contributed by atoms with Gasteiger partial charge < -0.3 is 5.32 Å². The maximum absolute atomic E-state index is 13.8. The Hall–Kier alpha value is -1.60. The first kappa shape index (κ1) is 14.3. The predicted molar refractivity (Wildman–Crippen MR) is 84.6 cm³/mol. The molecule has 1 aromatic carbocycles. The van der Waals surface area contributed by atoms with Crippen LogP contribution in [0.3, 0.4) is 0 Å². The third-order valence-electron chi connectivity index (χ3n) is 2.82. The van der Waals surface area contributed by atoms with Gasteiger partial charge in [-0.25, -0.2) is 8.78 Å². The van der Waals surface area contributed by atoms with Gasteiger partial charge in [0, 0.05) is 22.9 Å². The fourth-order valence-corrected chi connectivity index (χ4v) is 2.53. The lowest BCUT2D eigenvalue weighted by molar-refractivity contribution is 0.581. The van der Waals surface area contributed by atoms with Crippen LogP contribution in [-0.2, 0) is 0 Å². The van der Waals surface area contributed by atoms with E-state index in [1.807, 2.05) is 6.07 Å². The number of nitrogens with one attached hydrogen (secondary N) is 1. The molecule has 0 aliphatic carbocycles. The van der Waals surface area contributed by atoms with Gasteiger partial charge in [0.2, 0.25) is 0 Å². The summed E-state index contributed by atoms with van der Waals surface area (Å²) >= 11 is 6.36. The number of hydrogen-bond donors (Lipinski definition) is 1. The molecule has 0 radical (unpaired) electrons. The highest BCUT2D eigenvalue weighted by molar-refractivity contribution is 9.10. The summed E-state index contributed by atoms with van der Waals surface area (Å²) < 4.78 is 28.0. The number of fused-ring (bicyclic) bond motifs is 1. The molecule has 3 aromatic rings. The maximum atomic E-state index is 13.8. The summed E-state index contributed by atoms with van der Waals surface area (Å²) in [5.41, 5.74) is 2.00. The third-order valence-corrected chi connectivity index (χ3v) is 3.86. The molecule has 2 aromatic heterocycles. The van der Waals surface area contributed by atoms with E-state index in [4.69, 9.17) is 0 Å². The minimum absolute atomic E-state index is 0.153. The zero-order valence-electron chi connectivity index (χ0n) is 10.4. The molecule has 2 heterocycles. The first-order chi connectivity index (χ1) is 10.0. The van der Waals surface area contributed by atoms with Gasteiger partial charge in [-0.3, -0.25) is 9.97 Å². The molecule has 1 N–H and O–H groups in total. The van der Waals surface area contributed by atoms with Gasteiger partial charge in [0.1, 0.15) is 17.2 Å². The summed E-state index contributed by atoms with van der Waals surface area (Å²) in [7, 11) is 0. The number of rotatable bonds is 2. The quantitative estimate of drug-likeness (QED) is 0.587. The normalized spacial score (nSPS) is 10.9. The van der Waals surface area contributed by atoms with Gasteiger partial charge in [0.15, 0.2) is 0 Å². The van der Waals surface area contributed by atoms with Gasteiger partial charge in [0.05, 0.1) is 21.4 Å². The van der Waals surface area contributed by atoms with Crippen LogP contribution in [0.25, 0.3) is 11.0 Å². The van der Waals surface area contributed by atoms with Crippen LogP contribution in [0.5, 0.6) is 0 Å². The van der Waals surface area contributed by atoms with Gasteiger partial charge in [-0.1, -0.05) is 0 Å². The van der Waals surface area contributed by atoms with Gasteiger partial charge in [-0.15, -0.1) is 0 Å². The highest BCUT2D eigenvalue weighted by Gasteiger charge is 2.11. The van der Waals surface area contributed by atoms with Crippen molar-refractivity contribution in [1.82, 2.24) is 9.97 Å². The van der Waals surface area contributed by atoms with Crippen molar-refractivity contribution >= 4 is 54.3 Å². The Morgan fingerprint density at radius 1 is 0.952 bits per heavy atom. The van der Waals surface area contributed by atoms with Crippen LogP contribution in [0.15, 0.2) is 45.6 Å². The second-order valence-electron chi connectivity index (χ2n) is 4.25. The number of halogens is 4. The van der Waals surface area contributed by atoms with E-state index in [1.54, 1.807) is 18.5 Å². The van der Waals surface area contributed by atoms with Crippen LogP contribution >= 0.6 is 31.9 Å². The number of nitrogens with zero attached hydrogens (tertiary/aromatic N) is 2. The van der Waals surface area contributed by atoms with Crippen molar-refractivity contribution in [3.05, 3.63) is 57.2 Å². The Kier molecular flexibility index (Phi) is 3.86. The summed E-state index contributed by atoms with van der Waals surface area (Å²) in [6.07, 6.45) is 3.22. The molecule has 0 fully saturated rings. The monoisotopic (exact) mass is 413 g/mol. The van der Waals surface area contributed by atoms with Crippen LogP contribution in [-0.4, -0.2) is 9.97 Å². The molecule has 0 unspecified atom stereocenters. The average molecular weight is 415 g/mol. The molecular formula is C14H7Br2F2N3. The van der Waals surface area contributed by atoms with E-state index in [0.29, 0.717) is 16.7 Å². The van der Waals surface area contributed by atoms with Crippen LogP contribution in [0.4, 0.5) is 20.2 Å². The van der Waals surface area contributed by atoms with Crippen molar-refractivity contribution < 1.29 is 8.78 Å². The first-order valence-corrected chi connectivity index (χ1v) is 7.45. The molecule has 106 valence electrons. The lowest BCUT2D eigenvalue weighted by Gasteiger charge is -2.10. The summed E-state index contributed by atoms with van der Waals surface area (Å²) in [6.45, 7) is 0. The SMILES string of the molecule is Fc1cc(F)c(Nc2ccnc3cc(Br)cnc23)cc1Br. The molecule has 0 bridgehead atoms. The standard InChI is InChI=1S/C14H7Br2F2N3/c15-7-3-13-14(20-6-7)11(1-2-19-13)21-12-4-8(16)9(17)5-10(12)18/h1-6H,(H,19,21). The Morgan fingerprint density at radius 3 is 2.57 bits per heavy atom. The van der Waals surface area contributed by atoms with Gasteiger partial charge >= 0.3 is 0 Å². The number of pyridine rings is 2. The lowest BCUT2D eigenvalue weighted by Crippen LogP contribution is -1.98. The molecule has 0 saturated carbocycles. The Balaban J connectivity index is 2.08. The van der Waals surface area contributed by atoms with E-state index < -0.39 is 11.6 Å². The van der Waals surface area contributed by atoms with Crippen molar-refractivity contribution in [3.63, 3.8) is 0 Å². The second-order valence-corrected chi connectivity index (χ2v) is 6.02. The molecule has 3 nitrogen and oxygen atoms in total. The third kappa shape index (κ3) is 2.89. The summed E-state index contributed by atoms with van der Waals surface area (Å²) in [5.74, 6) is -1.34. The molecule has 0 amide bonds. The molecule has 0 aliphatic rings.